The van der Waals surface area contributed by atoms with Gasteiger partial charge in [-0.3, -0.25) is 4.98 Å². The van der Waals surface area contributed by atoms with Crippen LogP contribution in [0.15, 0.2) is 36.5 Å². The van der Waals surface area contributed by atoms with Gasteiger partial charge in [0, 0.05) is 23.6 Å². The SMILES string of the molecule is Cc1cc(NC(C)c2cccc(C(F)(F)F)c2C)ccn1. The molecule has 21 heavy (non-hydrogen) atoms. The molecule has 0 aliphatic carbocycles. The van der Waals surface area contributed by atoms with Crippen LogP contribution in [0.5, 0.6) is 0 Å². The van der Waals surface area contributed by atoms with E-state index in [9.17, 15) is 13.2 Å². The molecule has 1 heterocycles. The van der Waals surface area contributed by atoms with Crippen molar-refractivity contribution in [1.82, 2.24) is 4.98 Å². The largest absolute Gasteiger partial charge is 0.416 e. The fourth-order valence-electron chi connectivity index (χ4n) is 2.39. The number of aromatic nitrogens is 1. The Kier molecular flexibility index (Phi) is 4.21. The molecule has 0 saturated carbocycles. The molecule has 1 N–H and O–H groups in total. The number of nitrogens with zero attached hydrogens (tertiary/aromatic N) is 1. The Bertz CT molecular complexity index is 636. The van der Waals surface area contributed by atoms with Crippen molar-refractivity contribution < 1.29 is 13.2 Å². The van der Waals surface area contributed by atoms with Crippen molar-refractivity contribution >= 4 is 5.69 Å². The zero-order chi connectivity index (χ0) is 15.6. The van der Waals surface area contributed by atoms with Gasteiger partial charge < -0.3 is 5.32 Å². The van der Waals surface area contributed by atoms with Crippen LogP contribution in [0.25, 0.3) is 0 Å². The number of aryl methyl sites for hydroxylation is 1. The fraction of sp³-hybridized carbons (Fsp3) is 0.312. The third-order valence-electron chi connectivity index (χ3n) is 3.43. The average Bonchev–Trinajstić information content (AvgIpc) is 2.37. The molecule has 0 bridgehead atoms. The highest BCUT2D eigenvalue weighted by Crippen LogP contribution is 2.35. The van der Waals surface area contributed by atoms with Gasteiger partial charge in [-0.15, -0.1) is 0 Å². The molecule has 112 valence electrons. The lowest BCUT2D eigenvalue weighted by molar-refractivity contribution is -0.138. The quantitative estimate of drug-likeness (QED) is 0.871. The summed E-state index contributed by atoms with van der Waals surface area (Å²) in [4.78, 5) is 4.10. The van der Waals surface area contributed by atoms with E-state index in [2.05, 4.69) is 10.3 Å². The maximum absolute atomic E-state index is 12.9. The summed E-state index contributed by atoms with van der Waals surface area (Å²) in [6.45, 7) is 5.22. The van der Waals surface area contributed by atoms with E-state index in [0.717, 1.165) is 17.4 Å². The molecule has 1 aromatic heterocycles. The Hall–Kier alpha value is -2.04. The molecule has 2 aromatic rings. The van der Waals surface area contributed by atoms with E-state index in [-0.39, 0.29) is 11.6 Å². The highest BCUT2D eigenvalue weighted by atomic mass is 19.4. The number of anilines is 1. The second-order valence-electron chi connectivity index (χ2n) is 5.07. The minimum Gasteiger partial charge on any atom is -0.378 e. The number of nitrogens with one attached hydrogen (secondary N) is 1. The monoisotopic (exact) mass is 294 g/mol. The van der Waals surface area contributed by atoms with Gasteiger partial charge >= 0.3 is 6.18 Å². The van der Waals surface area contributed by atoms with Crippen LogP contribution in [0, 0.1) is 13.8 Å². The predicted octanol–water partition coefficient (Wildman–Crippen LogP) is 4.89. The number of hydrogen-bond acceptors (Lipinski definition) is 2. The smallest absolute Gasteiger partial charge is 0.378 e. The van der Waals surface area contributed by atoms with Crippen LogP contribution in [-0.2, 0) is 6.18 Å². The standard InChI is InChI=1S/C16H17F3N2/c1-10-9-13(7-8-20-10)21-12(3)14-5-4-6-15(11(14)2)16(17,18)19/h4-9,12H,1-3H3,(H,20,21). The third-order valence-corrected chi connectivity index (χ3v) is 3.43. The topological polar surface area (TPSA) is 24.9 Å². The van der Waals surface area contributed by atoms with Crippen molar-refractivity contribution in [2.45, 2.75) is 33.0 Å². The third kappa shape index (κ3) is 3.54. The summed E-state index contributed by atoms with van der Waals surface area (Å²) in [5, 5.41) is 3.21. The van der Waals surface area contributed by atoms with E-state index in [1.54, 1.807) is 18.3 Å². The highest BCUT2D eigenvalue weighted by molar-refractivity contribution is 5.47. The van der Waals surface area contributed by atoms with Gasteiger partial charge in [0.1, 0.15) is 0 Å². The summed E-state index contributed by atoms with van der Waals surface area (Å²) in [5.41, 5.74) is 2.01. The lowest BCUT2D eigenvalue weighted by atomic mass is 9.97. The molecule has 2 rings (SSSR count). The molecule has 2 nitrogen and oxygen atoms in total. The molecule has 1 aromatic carbocycles. The first-order valence-electron chi connectivity index (χ1n) is 6.65. The lowest BCUT2D eigenvalue weighted by Crippen LogP contribution is -2.13. The van der Waals surface area contributed by atoms with E-state index >= 15 is 0 Å². The second-order valence-corrected chi connectivity index (χ2v) is 5.07. The molecule has 0 aliphatic rings. The van der Waals surface area contributed by atoms with Crippen molar-refractivity contribution in [2.24, 2.45) is 0 Å². The molecule has 0 amide bonds. The Morgan fingerprint density at radius 1 is 1.14 bits per heavy atom. The molecular formula is C16H17F3N2. The molecule has 0 fully saturated rings. The van der Waals surface area contributed by atoms with Gasteiger partial charge in [-0.2, -0.15) is 13.2 Å². The fourth-order valence-corrected chi connectivity index (χ4v) is 2.39. The number of pyridine rings is 1. The number of alkyl halides is 3. The van der Waals surface area contributed by atoms with Gasteiger partial charge in [-0.1, -0.05) is 12.1 Å². The molecule has 1 atom stereocenters. The van der Waals surface area contributed by atoms with Gasteiger partial charge in [0.2, 0.25) is 0 Å². The maximum Gasteiger partial charge on any atom is 0.416 e. The van der Waals surface area contributed by atoms with Crippen LogP contribution in [0.1, 0.15) is 35.3 Å². The molecule has 1 unspecified atom stereocenters. The number of hydrogen-bond donors (Lipinski definition) is 1. The van der Waals surface area contributed by atoms with Crippen molar-refractivity contribution in [2.75, 3.05) is 5.32 Å². The van der Waals surface area contributed by atoms with Gasteiger partial charge in [0.05, 0.1) is 5.56 Å². The minimum atomic E-state index is -4.33. The van der Waals surface area contributed by atoms with Gasteiger partial charge in [0.25, 0.3) is 0 Å². The van der Waals surface area contributed by atoms with Crippen molar-refractivity contribution in [3.8, 4) is 0 Å². The van der Waals surface area contributed by atoms with Crippen LogP contribution in [0.3, 0.4) is 0 Å². The molecule has 5 heteroatoms. The molecule has 0 aliphatic heterocycles. The van der Waals surface area contributed by atoms with E-state index in [4.69, 9.17) is 0 Å². The van der Waals surface area contributed by atoms with Crippen molar-refractivity contribution in [1.29, 1.82) is 0 Å². The highest BCUT2D eigenvalue weighted by Gasteiger charge is 2.33. The van der Waals surface area contributed by atoms with Crippen molar-refractivity contribution in [3.05, 3.63) is 58.9 Å². The Labute approximate surface area is 122 Å². The zero-order valence-corrected chi connectivity index (χ0v) is 12.1. The van der Waals surface area contributed by atoms with Crippen LogP contribution < -0.4 is 5.32 Å². The van der Waals surface area contributed by atoms with Crippen LogP contribution >= 0.6 is 0 Å². The summed E-state index contributed by atoms with van der Waals surface area (Å²) in [6, 6.07) is 7.71. The molecular weight excluding hydrogens is 277 g/mol. The summed E-state index contributed by atoms with van der Waals surface area (Å²) < 4.78 is 38.8. The summed E-state index contributed by atoms with van der Waals surface area (Å²) in [6.07, 6.45) is -2.66. The van der Waals surface area contributed by atoms with Gasteiger partial charge in [-0.25, -0.2) is 0 Å². The molecule has 0 spiro atoms. The minimum absolute atomic E-state index is 0.228. The Balaban J connectivity index is 2.30. The van der Waals surface area contributed by atoms with E-state index in [1.165, 1.54) is 13.0 Å². The first kappa shape index (κ1) is 15.4. The predicted molar refractivity (Wildman–Crippen MR) is 77.2 cm³/mol. The normalized spacial score (nSPS) is 13.0. The maximum atomic E-state index is 12.9. The van der Waals surface area contributed by atoms with Crippen LogP contribution in [0.2, 0.25) is 0 Å². The molecule has 0 radical (unpaired) electrons. The number of benzene rings is 1. The van der Waals surface area contributed by atoms with Crippen molar-refractivity contribution in [3.63, 3.8) is 0 Å². The van der Waals surface area contributed by atoms with E-state index < -0.39 is 11.7 Å². The number of rotatable bonds is 3. The average molecular weight is 294 g/mol. The van der Waals surface area contributed by atoms with Gasteiger partial charge in [0.15, 0.2) is 0 Å². The molecule has 0 saturated heterocycles. The van der Waals surface area contributed by atoms with Gasteiger partial charge in [-0.05, 0) is 50.1 Å². The lowest BCUT2D eigenvalue weighted by Gasteiger charge is -2.20. The van der Waals surface area contributed by atoms with E-state index in [0.29, 0.717) is 5.56 Å². The number of halogens is 3. The first-order chi connectivity index (χ1) is 9.79. The van der Waals surface area contributed by atoms with Crippen LogP contribution in [-0.4, -0.2) is 4.98 Å². The summed E-state index contributed by atoms with van der Waals surface area (Å²) in [5.74, 6) is 0. The first-order valence-corrected chi connectivity index (χ1v) is 6.65. The summed E-state index contributed by atoms with van der Waals surface area (Å²) in [7, 11) is 0. The van der Waals surface area contributed by atoms with Crippen LogP contribution in [0.4, 0.5) is 18.9 Å². The zero-order valence-electron chi connectivity index (χ0n) is 12.1. The Morgan fingerprint density at radius 2 is 1.86 bits per heavy atom. The Morgan fingerprint density at radius 3 is 2.48 bits per heavy atom. The second kappa shape index (κ2) is 5.76. The van der Waals surface area contributed by atoms with E-state index in [1.807, 2.05) is 19.9 Å². The summed E-state index contributed by atoms with van der Waals surface area (Å²) >= 11 is 0.